The second-order valence-electron chi connectivity index (χ2n) is 19.0. The number of rotatable bonds is 11. The quantitative estimate of drug-likeness (QED) is 0.124. The van der Waals surface area contributed by atoms with Crippen molar-refractivity contribution >= 4 is 49.2 Å². The van der Waals surface area contributed by atoms with Crippen LogP contribution in [-0.4, -0.2) is 88.4 Å². The second kappa shape index (κ2) is 18.2. The SMILES string of the molecule is CC(C)(C)c1cc(NC(=O)N[C@H]2CC[C@@H](Oc3ccc4nnc(N5CCCCC5)n4c3)c3ccccc32)n(-c2ccc(Cl)c(OC3CCN(C(=O)OCC[Si](C)(C)C)CC3)c2)n1. The highest BCUT2D eigenvalue weighted by molar-refractivity contribution is 6.76. The Hall–Kier alpha value is -5.28. The van der Waals surface area contributed by atoms with Crippen molar-refractivity contribution in [3.8, 4) is 17.2 Å². The first-order chi connectivity index (χ1) is 29.7. The largest absolute Gasteiger partial charge is 0.489 e. The predicted molar refractivity (Wildman–Crippen MR) is 245 cm³/mol. The van der Waals surface area contributed by atoms with E-state index >= 15 is 0 Å². The topological polar surface area (TPSA) is 140 Å². The number of anilines is 2. The first kappa shape index (κ1) is 43.4. The maximum absolute atomic E-state index is 13.9. The molecular formula is C46H60ClN9O5Si. The zero-order chi connectivity index (χ0) is 43.6. The Morgan fingerprint density at radius 1 is 0.871 bits per heavy atom. The van der Waals surface area contributed by atoms with Gasteiger partial charge in [-0.1, -0.05) is 76.3 Å². The van der Waals surface area contributed by atoms with Gasteiger partial charge < -0.3 is 29.3 Å². The molecule has 3 aromatic heterocycles. The average Bonchev–Trinajstić information content (AvgIpc) is 3.87. The van der Waals surface area contributed by atoms with Gasteiger partial charge in [-0.3, -0.25) is 9.72 Å². The fraction of sp³-hybridized carbons (Fsp3) is 0.500. The highest BCUT2D eigenvalue weighted by atomic mass is 35.5. The van der Waals surface area contributed by atoms with Gasteiger partial charge in [0.2, 0.25) is 5.95 Å². The lowest BCUT2D eigenvalue weighted by molar-refractivity contribution is 0.0702. The van der Waals surface area contributed by atoms with E-state index in [1.165, 1.54) is 6.42 Å². The van der Waals surface area contributed by atoms with E-state index in [1.807, 2.05) is 53.1 Å². The lowest BCUT2D eigenvalue weighted by Gasteiger charge is -2.32. The number of nitrogens with zero attached hydrogens (tertiary/aromatic N) is 7. The van der Waals surface area contributed by atoms with E-state index in [4.69, 9.17) is 30.9 Å². The summed E-state index contributed by atoms with van der Waals surface area (Å²) in [5.41, 5.74) is 4.06. The summed E-state index contributed by atoms with van der Waals surface area (Å²) in [6.45, 7) is 16.6. The van der Waals surface area contributed by atoms with Gasteiger partial charge in [0.05, 0.1) is 35.2 Å². The molecule has 14 nitrogen and oxygen atoms in total. The van der Waals surface area contributed by atoms with Crippen LogP contribution in [0.5, 0.6) is 11.5 Å². The number of carbonyl (C=O) groups excluding carboxylic acids is 2. The third-order valence-corrected chi connectivity index (χ3v) is 14.0. The van der Waals surface area contributed by atoms with E-state index in [0.717, 1.165) is 66.1 Å². The zero-order valence-corrected chi connectivity index (χ0v) is 38.6. The Morgan fingerprint density at radius 3 is 2.37 bits per heavy atom. The number of piperidine rings is 2. The summed E-state index contributed by atoms with van der Waals surface area (Å²) in [6, 6.07) is 19.9. The van der Waals surface area contributed by atoms with Gasteiger partial charge in [-0.2, -0.15) is 5.10 Å². The molecule has 8 rings (SSSR count). The lowest BCUT2D eigenvalue weighted by Crippen LogP contribution is -2.42. The van der Waals surface area contributed by atoms with Crippen molar-refractivity contribution in [3.63, 3.8) is 0 Å². The summed E-state index contributed by atoms with van der Waals surface area (Å²) in [4.78, 5) is 30.7. The summed E-state index contributed by atoms with van der Waals surface area (Å²) < 4.78 is 22.5. The Kier molecular flexibility index (Phi) is 12.7. The van der Waals surface area contributed by atoms with E-state index in [0.29, 0.717) is 67.7 Å². The zero-order valence-electron chi connectivity index (χ0n) is 36.8. The van der Waals surface area contributed by atoms with Gasteiger partial charge in [-0.05, 0) is 73.5 Å². The van der Waals surface area contributed by atoms with Gasteiger partial charge in [0, 0.05) is 64.6 Å². The van der Waals surface area contributed by atoms with Crippen molar-refractivity contribution in [2.24, 2.45) is 0 Å². The van der Waals surface area contributed by atoms with Crippen LogP contribution in [0.2, 0.25) is 30.7 Å². The van der Waals surface area contributed by atoms with Crippen molar-refractivity contribution in [1.82, 2.24) is 34.6 Å². The molecule has 1 aliphatic carbocycles. The smallest absolute Gasteiger partial charge is 0.409 e. The number of urea groups is 1. The average molecular weight is 883 g/mol. The van der Waals surface area contributed by atoms with Gasteiger partial charge in [0.25, 0.3) is 0 Å². The minimum Gasteiger partial charge on any atom is -0.489 e. The molecule has 16 heteroatoms. The number of halogens is 1. The number of hydrogen-bond acceptors (Lipinski definition) is 9. The first-order valence-corrected chi connectivity index (χ1v) is 26.2. The molecule has 2 aliphatic heterocycles. The normalized spacial score (nSPS) is 18.6. The molecule has 330 valence electrons. The van der Waals surface area contributed by atoms with Crippen LogP contribution >= 0.6 is 11.6 Å². The fourth-order valence-corrected chi connectivity index (χ4v) is 9.23. The molecule has 0 spiro atoms. The number of nitrogens with one attached hydrogen (secondary N) is 2. The number of fused-ring (bicyclic) bond motifs is 2. The van der Waals surface area contributed by atoms with Gasteiger partial charge in [-0.25, -0.2) is 14.3 Å². The molecule has 0 unspecified atom stereocenters. The number of aromatic nitrogens is 5. The van der Waals surface area contributed by atoms with Crippen LogP contribution < -0.4 is 25.0 Å². The molecule has 2 aromatic carbocycles. The number of ether oxygens (including phenoxy) is 3. The molecule has 3 amide bonds. The van der Waals surface area contributed by atoms with Crippen LogP contribution in [0.15, 0.2) is 66.9 Å². The molecule has 2 saturated heterocycles. The Bertz CT molecular complexity index is 2380. The maximum Gasteiger partial charge on any atom is 0.409 e. The van der Waals surface area contributed by atoms with E-state index in [1.54, 1.807) is 15.6 Å². The van der Waals surface area contributed by atoms with Crippen LogP contribution in [0.4, 0.5) is 21.4 Å². The van der Waals surface area contributed by atoms with Crippen LogP contribution in [0.1, 0.15) is 94.7 Å². The van der Waals surface area contributed by atoms with Crippen molar-refractivity contribution < 1.29 is 23.8 Å². The van der Waals surface area contributed by atoms with E-state index in [9.17, 15) is 9.59 Å². The minimum atomic E-state index is -1.29. The van der Waals surface area contributed by atoms with E-state index in [2.05, 4.69) is 78.3 Å². The molecule has 2 N–H and O–H groups in total. The first-order valence-electron chi connectivity index (χ1n) is 22.1. The number of likely N-dealkylation sites (tertiary alicyclic amines) is 1. The molecule has 0 bridgehead atoms. The Morgan fingerprint density at radius 2 is 1.63 bits per heavy atom. The third kappa shape index (κ3) is 10.2. The molecule has 0 radical (unpaired) electrons. The molecule has 5 aromatic rings. The maximum atomic E-state index is 13.9. The van der Waals surface area contributed by atoms with E-state index in [-0.39, 0.29) is 35.8 Å². The number of hydrogen-bond donors (Lipinski definition) is 2. The van der Waals surface area contributed by atoms with Crippen LogP contribution in [0.25, 0.3) is 11.3 Å². The highest BCUT2D eigenvalue weighted by Crippen LogP contribution is 2.39. The molecule has 3 aliphatic rings. The lowest BCUT2D eigenvalue weighted by atomic mass is 9.85. The fourth-order valence-electron chi connectivity index (χ4n) is 8.36. The van der Waals surface area contributed by atoms with Crippen molar-refractivity contribution in [3.05, 3.63) is 88.7 Å². The Labute approximate surface area is 370 Å². The molecule has 2 fully saturated rings. The van der Waals surface area contributed by atoms with Crippen LogP contribution in [-0.2, 0) is 10.2 Å². The monoisotopic (exact) mass is 881 g/mol. The number of benzene rings is 2. The number of carbonyl (C=O) groups is 2. The summed E-state index contributed by atoms with van der Waals surface area (Å²) >= 11 is 6.70. The van der Waals surface area contributed by atoms with Crippen molar-refractivity contribution in [1.29, 1.82) is 0 Å². The van der Waals surface area contributed by atoms with Gasteiger partial charge in [0.15, 0.2) is 5.65 Å². The minimum absolute atomic E-state index is 0.127. The molecule has 0 saturated carbocycles. The highest BCUT2D eigenvalue weighted by Gasteiger charge is 2.31. The molecule has 2 atom stereocenters. The van der Waals surface area contributed by atoms with Crippen LogP contribution in [0.3, 0.4) is 0 Å². The van der Waals surface area contributed by atoms with Gasteiger partial charge in [-0.15, -0.1) is 10.2 Å². The van der Waals surface area contributed by atoms with Gasteiger partial charge >= 0.3 is 12.1 Å². The summed E-state index contributed by atoms with van der Waals surface area (Å²) in [6.07, 6.45) is 7.67. The van der Waals surface area contributed by atoms with Crippen molar-refractivity contribution in [2.75, 3.05) is 43.0 Å². The van der Waals surface area contributed by atoms with Crippen molar-refractivity contribution in [2.45, 2.75) is 115 Å². The molecule has 5 heterocycles. The number of amides is 3. The standard InChI is InChI=1S/C46H60ClN9O5Si/c1-46(2,3)40-29-42(56(52-40)31-14-16-36(47)39(28-31)60-32-20-24-54(25-21-32)45(58)59-26-27-62(4,5)6)49-43(57)48-37-17-18-38(35-13-9-8-12-34(35)37)61-33-15-19-41-50-51-44(55(41)30-33)53-22-10-7-11-23-53/h8-9,12-16,19,28-30,32,37-38H,7,10-11,17-18,20-27H2,1-6H3,(H2,48,49,57)/t37-,38+/m0/s1. The third-order valence-electron chi connectivity index (χ3n) is 12.0. The summed E-state index contributed by atoms with van der Waals surface area (Å²) in [5, 5.41) is 20.7. The van der Waals surface area contributed by atoms with Gasteiger partial charge in [0.1, 0.15) is 29.5 Å². The van der Waals surface area contributed by atoms with E-state index < -0.39 is 8.07 Å². The number of pyridine rings is 1. The predicted octanol–water partition coefficient (Wildman–Crippen LogP) is 9.95. The van der Waals surface area contributed by atoms with Crippen LogP contribution in [0, 0.1) is 0 Å². The molecule has 62 heavy (non-hydrogen) atoms. The summed E-state index contributed by atoms with van der Waals surface area (Å²) in [5.74, 6) is 2.63. The molecular weight excluding hydrogens is 822 g/mol. The second-order valence-corrected chi connectivity index (χ2v) is 25.1. The summed E-state index contributed by atoms with van der Waals surface area (Å²) in [7, 11) is -1.29. The Balaban J connectivity index is 0.934.